The fraction of sp³-hybridized carbons (Fsp3) is 0.476. The van der Waals surface area contributed by atoms with E-state index in [1.807, 2.05) is 31.2 Å². The van der Waals surface area contributed by atoms with Crippen molar-refractivity contribution >= 4 is 5.78 Å². The molecule has 1 aliphatic rings. The van der Waals surface area contributed by atoms with Crippen LogP contribution in [0, 0.1) is 0 Å². The maximum absolute atomic E-state index is 12.6. The predicted molar refractivity (Wildman–Crippen MR) is 112 cm³/mol. The number of ether oxygens (including phenoxy) is 1. The van der Waals surface area contributed by atoms with Crippen LogP contribution in [-0.4, -0.2) is 68.7 Å². The number of nitrogens with zero attached hydrogens (tertiary/aromatic N) is 5. The molecule has 29 heavy (non-hydrogen) atoms. The van der Waals surface area contributed by atoms with Crippen LogP contribution in [0.5, 0.6) is 5.75 Å². The lowest BCUT2D eigenvalue weighted by atomic mass is 10.2. The lowest BCUT2D eigenvalue weighted by Gasteiger charge is -2.34. The van der Waals surface area contributed by atoms with Crippen molar-refractivity contribution in [2.75, 3.05) is 39.3 Å². The highest BCUT2D eigenvalue weighted by atomic mass is 16.5. The summed E-state index contributed by atoms with van der Waals surface area (Å²) >= 11 is 0. The highest BCUT2D eigenvalue weighted by Crippen LogP contribution is 2.19. The topological polar surface area (TPSA) is 78.8 Å². The van der Waals surface area contributed by atoms with Crippen molar-refractivity contribution in [1.82, 2.24) is 29.4 Å². The van der Waals surface area contributed by atoms with Crippen molar-refractivity contribution < 1.29 is 4.74 Å². The number of aromatic nitrogens is 4. The summed E-state index contributed by atoms with van der Waals surface area (Å²) in [5, 5.41) is 3.05. The molecule has 0 saturated carbocycles. The number of fused-ring (bicyclic) bond motifs is 1. The molecule has 0 bridgehead atoms. The smallest absolute Gasteiger partial charge is 0.274 e. The minimum Gasteiger partial charge on any atom is -0.494 e. The Morgan fingerprint density at radius 3 is 2.45 bits per heavy atom. The van der Waals surface area contributed by atoms with Gasteiger partial charge >= 0.3 is 0 Å². The third-order valence-electron chi connectivity index (χ3n) is 5.21. The maximum Gasteiger partial charge on any atom is 0.274 e. The van der Waals surface area contributed by atoms with Crippen LogP contribution in [0.2, 0.25) is 0 Å². The molecule has 4 rings (SSSR count). The SMILES string of the molecule is CCCN1CCN(Cc2cc(=O)n3[nH]c(-c4ccc(OCC)cc4)nc3n2)CC1. The van der Waals surface area contributed by atoms with Gasteiger partial charge < -0.3 is 9.64 Å². The first kappa shape index (κ1) is 19.6. The molecule has 1 saturated heterocycles. The summed E-state index contributed by atoms with van der Waals surface area (Å²) in [6.07, 6.45) is 1.19. The van der Waals surface area contributed by atoms with Gasteiger partial charge in [-0.05, 0) is 44.2 Å². The number of piperazine rings is 1. The lowest BCUT2D eigenvalue weighted by Crippen LogP contribution is -2.46. The summed E-state index contributed by atoms with van der Waals surface area (Å²) < 4.78 is 6.87. The molecule has 1 fully saturated rings. The fourth-order valence-corrected chi connectivity index (χ4v) is 3.73. The highest BCUT2D eigenvalue weighted by molar-refractivity contribution is 5.58. The van der Waals surface area contributed by atoms with E-state index in [-0.39, 0.29) is 5.56 Å². The number of rotatable bonds is 7. The van der Waals surface area contributed by atoms with Gasteiger partial charge in [-0.2, -0.15) is 9.50 Å². The second-order valence-electron chi connectivity index (χ2n) is 7.37. The summed E-state index contributed by atoms with van der Waals surface area (Å²) in [4.78, 5) is 26.6. The summed E-state index contributed by atoms with van der Waals surface area (Å²) in [6, 6.07) is 9.23. The monoisotopic (exact) mass is 396 g/mol. The largest absolute Gasteiger partial charge is 0.494 e. The molecule has 1 aromatic carbocycles. The first-order valence-corrected chi connectivity index (χ1v) is 10.3. The van der Waals surface area contributed by atoms with Gasteiger partial charge in [-0.25, -0.2) is 4.98 Å². The van der Waals surface area contributed by atoms with E-state index in [0.29, 0.717) is 24.8 Å². The molecule has 0 aliphatic carbocycles. The van der Waals surface area contributed by atoms with Crippen LogP contribution >= 0.6 is 0 Å². The predicted octanol–water partition coefficient (Wildman–Crippen LogP) is 2.01. The first-order chi connectivity index (χ1) is 14.2. The van der Waals surface area contributed by atoms with E-state index in [2.05, 4.69) is 31.8 Å². The van der Waals surface area contributed by atoms with Gasteiger partial charge in [-0.1, -0.05) is 6.92 Å². The van der Waals surface area contributed by atoms with Gasteiger partial charge in [0, 0.05) is 44.4 Å². The Labute approximate surface area is 170 Å². The number of benzene rings is 1. The summed E-state index contributed by atoms with van der Waals surface area (Å²) in [7, 11) is 0. The van der Waals surface area contributed by atoms with Gasteiger partial charge in [-0.3, -0.25) is 14.8 Å². The molecule has 0 amide bonds. The number of hydrogen-bond donors (Lipinski definition) is 1. The summed E-state index contributed by atoms with van der Waals surface area (Å²) in [5.74, 6) is 1.83. The molecule has 1 N–H and O–H groups in total. The third kappa shape index (κ3) is 4.49. The van der Waals surface area contributed by atoms with E-state index in [1.165, 1.54) is 10.9 Å². The highest BCUT2D eigenvalue weighted by Gasteiger charge is 2.18. The van der Waals surface area contributed by atoms with Crippen LogP contribution in [0.15, 0.2) is 35.1 Å². The molecule has 0 spiro atoms. The summed E-state index contributed by atoms with van der Waals surface area (Å²) in [6.45, 7) is 10.8. The minimum absolute atomic E-state index is 0.140. The van der Waals surface area contributed by atoms with E-state index in [9.17, 15) is 4.79 Å². The van der Waals surface area contributed by atoms with Crippen LogP contribution in [-0.2, 0) is 6.54 Å². The molecule has 0 atom stereocenters. The molecule has 0 unspecified atom stereocenters. The van der Waals surface area contributed by atoms with E-state index >= 15 is 0 Å². The zero-order valence-corrected chi connectivity index (χ0v) is 17.1. The van der Waals surface area contributed by atoms with Crippen LogP contribution in [0.1, 0.15) is 26.0 Å². The molecule has 2 aromatic heterocycles. The normalized spacial score (nSPS) is 15.8. The van der Waals surface area contributed by atoms with Crippen molar-refractivity contribution in [3.8, 4) is 17.1 Å². The van der Waals surface area contributed by atoms with Gasteiger partial charge in [0.25, 0.3) is 11.3 Å². The Balaban J connectivity index is 1.51. The number of H-pyrrole nitrogens is 1. The summed E-state index contributed by atoms with van der Waals surface area (Å²) in [5.41, 5.74) is 1.51. The first-order valence-electron chi connectivity index (χ1n) is 10.3. The van der Waals surface area contributed by atoms with Gasteiger partial charge in [-0.15, -0.1) is 0 Å². The standard InChI is InChI=1S/C21H28N6O2/c1-3-9-25-10-12-26(13-11-25)15-17-14-19(28)27-21(22-17)23-20(24-27)16-5-7-18(8-6-16)29-4-2/h5-8,14H,3-4,9-13,15H2,1-2H3,(H,22,23,24). The molecule has 8 heteroatoms. The Kier molecular flexibility index (Phi) is 5.92. The molecular formula is C21H28N6O2. The quantitative estimate of drug-likeness (QED) is 0.658. The lowest BCUT2D eigenvalue weighted by molar-refractivity contribution is 0.126. The second kappa shape index (κ2) is 8.75. The molecule has 0 radical (unpaired) electrons. The molecule has 3 heterocycles. The Hall–Kier alpha value is -2.71. The number of hydrogen-bond acceptors (Lipinski definition) is 6. The number of aromatic amines is 1. The van der Waals surface area contributed by atoms with Crippen molar-refractivity contribution in [3.63, 3.8) is 0 Å². The average Bonchev–Trinajstić information content (AvgIpc) is 3.15. The Morgan fingerprint density at radius 1 is 1.03 bits per heavy atom. The molecule has 154 valence electrons. The van der Waals surface area contributed by atoms with E-state index in [4.69, 9.17) is 4.74 Å². The van der Waals surface area contributed by atoms with Crippen LogP contribution in [0.4, 0.5) is 0 Å². The van der Waals surface area contributed by atoms with Crippen LogP contribution < -0.4 is 10.3 Å². The zero-order chi connectivity index (χ0) is 20.2. The van der Waals surface area contributed by atoms with Gasteiger partial charge in [0.2, 0.25) is 0 Å². The fourth-order valence-electron chi connectivity index (χ4n) is 3.73. The van der Waals surface area contributed by atoms with Gasteiger partial charge in [0.1, 0.15) is 5.75 Å². The number of nitrogens with one attached hydrogen (secondary N) is 1. The maximum atomic E-state index is 12.6. The Morgan fingerprint density at radius 2 is 1.76 bits per heavy atom. The van der Waals surface area contributed by atoms with Crippen molar-refractivity contribution in [3.05, 3.63) is 46.4 Å². The van der Waals surface area contributed by atoms with Crippen molar-refractivity contribution in [2.24, 2.45) is 0 Å². The zero-order valence-electron chi connectivity index (χ0n) is 17.1. The minimum atomic E-state index is -0.140. The second-order valence-corrected chi connectivity index (χ2v) is 7.37. The molecule has 3 aromatic rings. The van der Waals surface area contributed by atoms with E-state index in [0.717, 1.165) is 49.7 Å². The molecule has 1 aliphatic heterocycles. The van der Waals surface area contributed by atoms with Gasteiger partial charge in [0.05, 0.1) is 12.3 Å². The van der Waals surface area contributed by atoms with Gasteiger partial charge in [0.15, 0.2) is 5.82 Å². The molecular weight excluding hydrogens is 368 g/mol. The van der Waals surface area contributed by atoms with E-state index < -0.39 is 0 Å². The van der Waals surface area contributed by atoms with Crippen molar-refractivity contribution in [1.29, 1.82) is 0 Å². The van der Waals surface area contributed by atoms with Crippen molar-refractivity contribution in [2.45, 2.75) is 26.8 Å². The third-order valence-corrected chi connectivity index (χ3v) is 5.21. The Bertz CT molecular complexity index is 1000. The average molecular weight is 396 g/mol. The van der Waals surface area contributed by atoms with E-state index in [1.54, 1.807) is 6.07 Å². The molecule has 8 nitrogen and oxygen atoms in total. The van der Waals surface area contributed by atoms with Crippen LogP contribution in [0.25, 0.3) is 17.2 Å². The van der Waals surface area contributed by atoms with Crippen LogP contribution in [0.3, 0.4) is 0 Å².